The third kappa shape index (κ3) is 21.7. The molecule has 4 nitrogen and oxygen atoms in total. The maximum Gasteiger partial charge on any atom is 0.207 e. The molecule has 0 rings (SSSR count). The molecule has 0 fully saturated rings. The Morgan fingerprint density at radius 3 is 1.43 bits per heavy atom. The largest absolute Gasteiger partial charge is 0.358 e. The minimum atomic E-state index is -0.179. The number of rotatable bonds is 24. The number of nitrogens with one attached hydrogen (secondary N) is 1. The van der Waals surface area contributed by atoms with E-state index in [2.05, 4.69) is 19.2 Å². The highest BCUT2D eigenvalue weighted by Crippen LogP contribution is 2.11. The molecule has 4 heteroatoms. The first-order valence-corrected chi connectivity index (χ1v) is 12.2. The topological polar surface area (TPSA) is 47.6 Å². The van der Waals surface area contributed by atoms with Gasteiger partial charge in [-0.25, -0.2) is 0 Å². The predicted molar refractivity (Wildman–Crippen MR) is 120 cm³/mol. The van der Waals surface area contributed by atoms with Crippen LogP contribution in [0.15, 0.2) is 0 Å². The molecule has 0 heterocycles. The van der Waals surface area contributed by atoms with Crippen LogP contribution in [0.2, 0.25) is 0 Å². The summed E-state index contributed by atoms with van der Waals surface area (Å²) in [5.41, 5.74) is 0. The van der Waals surface area contributed by atoms with Crippen LogP contribution >= 0.6 is 0 Å². The van der Waals surface area contributed by atoms with E-state index in [9.17, 15) is 4.79 Å². The summed E-state index contributed by atoms with van der Waals surface area (Å²) < 4.78 is 11.9. The average Bonchev–Trinajstić information content (AvgIpc) is 2.71. The van der Waals surface area contributed by atoms with Gasteiger partial charge in [0.25, 0.3) is 0 Å². The van der Waals surface area contributed by atoms with Gasteiger partial charge in [-0.1, -0.05) is 104 Å². The lowest BCUT2D eigenvalue weighted by atomic mass is 10.1. The van der Waals surface area contributed by atoms with E-state index >= 15 is 0 Å². The second kappa shape index (κ2) is 24.4. The molecule has 0 saturated carbocycles. The molecule has 0 saturated heterocycles. The molecule has 0 radical (unpaired) electrons. The second-order valence-corrected chi connectivity index (χ2v) is 7.98. The van der Waals surface area contributed by atoms with Crippen LogP contribution in [0.4, 0.5) is 0 Å². The van der Waals surface area contributed by atoms with Crippen molar-refractivity contribution < 1.29 is 14.3 Å². The Labute approximate surface area is 175 Å². The van der Waals surface area contributed by atoms with Gasteiger partial charge in [-0.05, 0) is 12.8 Å². The quantitative estimate of drug-likeness (QED) is 0.111. The van der Waals surface area contributed by atoms with Crippen LogP contribution in [0.25, 0.3) is 0 Å². The lowest BCUT2D eigenvalue weighted by Gasteiger charge is -2.18. The van der Waals surface area contributed by atoms with Crippen molar-refractivity contribution in [2.45, 2.75) is 129 Å². The highest BCUT2D eigenvalue weighted by atomic mass is 16.7. The Balaban J connectivity index is 3.63. The molecule has 0 unspecified atom stereocenters. The lowest BCUT2D eigenvalue weighted by molar-refractivity contribution is -0.146. The number of hydrogen-bond acceptors (Lipinski definition) is 3. The van der Waals surface area contributed by atoms with Crippen molar-refractivity contribution in [3.63, 3.8) is 0 Å². The summed E-state index contributed by atoms with van der Waals surface area (Å²) in [7, 11) is 0. The molecular formula is C24H49NO3. The first-order chi connectivity index (χ1) is 13.8. The van der Waals surface area contributed by atoms with Gasteiger partial charge in [0.15, 0.2) is 6.29 Å². The van der Waals surface area contributed by atoms with E-state index in [-0.39, 0.29) is 6.29 Å². The molecule has 28 heavy (non-hydrogen) atoms. The van der Waals surface area contributed by atoms with Crippen LogP contribution in [0, 0.1) is 0 Å². The third-order valence-electron chi connectivity index (χ3n) is 5.21. The van der Waals surface area contributed by atoms with Gasteiger partial charge in [0, 0.05) is 26.2 Å². The Bertz CT molecular complexity index is 278. The van der Waals surface area contributed by atoms with E-state index < -0.39 is 0 Å². The normalized spacial score (nSPS) is 11.2. The third-order valence-corrected chi connectivity index (χ3v) is 5.21. The fraction of sp³-hybridized carbons (Fsp3) is 0.958. The van der Waals surface area contributed by atoms with Crippen LogP contribution in [0.3, 0.4) is 0 Å². The van der Waals surface area contributed by atoms with E-state index in [1.807, 2.05) is 0 Å². The molecule has 0 spiro atoms. The zero-order valence-corrected chi connectivity index (χ0v) is 19.0. The molecule has 0 aromatic rings. The summed E-state index contributed by atoms with van der Waals surface area (Å²) >= 11 is 0. The van der Waals surface area contributed by atoms with Crippen molar-refractivity contribution in [1.82, 2.24) is 5.32 Å². The van der Waals surface area contributed by atoms with E-state index in [1.54, 1.807) is 0 Å². The smallest absolute Gasteiger partial charge is 0.207 e. The van der Waals surface area contributed by atoms with Crippen LogP contribution in [0.1, 0.15) is 123 Å². The monoisotopic (exact) mass is 399 g/mol. The number of unbranched alkanes of at least 4 members (excludes halogenated alkanes) is 14. The van der Waals surface area contributed by atoms with Crippen LogP contribution < -0.4 is 5.32 Å². The number of carbonyl (C=O) groups excluding carboxylic acids is 1. The molecule has 1 amide bonds. The summed E-state index contributed by atoms with van der Waals surface area (Å²) in [4.78, 5) is 10.4. The van der Waals surface area contributed by atoms with E-state index in [1.165, 1.54) is 89.9 Å². The Kier molecular flexibility index (Phi) is 23.9. The predicted octanol–water partition coefficient (Wildman–Crippen LogP) is 6.76. The van der Waals surface area contributed by atoms with E-state index in [0.29, 0.717) is 6.54 Å². The lowest BCUT2D eigenvalue weighted by Crippen LogP contribution is -2.25. The zero-order valence-electron chi connectivity index (χ0n) is 19.0. The summed E-state index contributed by atoms with van der Waals surface area (Å²) in [6, 6.07) is 0. The van der Waals surface area contributed by atoms with E-state index in [4.69, 9.17) is 9.47 Å². The first-order valence-electron chi connectivity index (χ1n) is 12.2. The fourth-order valence-electron chi connectivity index (χ4n) is 3.38. The fourth-order valence-corrected chi connectivity index (χ4v) is 3.38. The highest BCUT2D eigenvalue weighted by molar-refractivity contribution is 5.45. The number of hydrogen-bond donors (Lipinski definition) is 1. The molecule has 0 aromatic heterocycles. The van der Waals surface area contributed by atoms with E-state index in [0.717, 1.165) is 38.9 Å². The zero-order chi connectivity index (χ0) is 20.5. The van der Waals surface area contributed by atoms with Crippen LogP contribution in [0.5, 0.6) is 0 Å². The van der Waals surface area contributed by atoms with Crippen molar-refractivity contribution in [1.29, 1.82) is 0 Å². The summed E-state index contributed by atoms with van der Waals surface area (Å²) in [5, 5.41) is 2.71. The SMILES string of the molecule is CCCCCCCCCCOC(CCNC=O)OCCCCCCCCCC. The summed E-state index contributed by atoms with van der Waals surface area (Å²) in [6.45, 7) is 6.66. The van der Waals surface area contributed by atoms with Gasteiger partial charge >= 0.3 is 0 Å². The van der Waals surface area contributed by atoms with Gasteiger partial charge in [0.2, 0.25) is 6.41 Å². The summed E-state index contributed by atoms with van der Waals surface area (Å²) in [5.74, 6) is 0. The van der Waals surface area contributed by atoms with Crippen molar-refractivity contribution in [3.05, 3.63) is 0 Å². The molecule has 0 aromatic carbocycles. The molecule has 168 valence electrons. The minimum Gasteiger partial charge on any atom is -0.358 e. The Morgan fingerprint density at radius 2 is 1.04 bits per heavy atom. The summed E-state index contributed by atoms with van der Waals surface area (Å²) in [6.07, 6.45) is 22.2. The minimum absolute atomic E-state index is 0.179. The van der Waals surface area contributed by atoms with Crippen molar-refractivity contribution in [3.8, 4) is 0 Å². The highest BCUT2D eigenvalue weighted by Gasteiger charge is 2.09. The average molecular weight is 400 g/mol. The maximum atomic E-state index is 10.4. The number of ether oxygens (including phenoxy) is 2. The number of amides is 1. The molecule has 1 N–H and O–H groups in total. The van der Waals surface area contributed by atoms with Gasteiger partial charge in [-0.2, -0.15) is 0 Å². The van der Waals surface area contributed by atoms with Crippen LogP contribution in [-0.2, 0) is 14.3 Å². The van der Waals surface area contributed by atoms with Crippen LogP contribution in [-0.4, -0.2) is 32.5 Å². The van der Waals surface area contributed by atoms with Gasteiger partial charge in [0.05, 0.1) is 0 Å². The molecule has 0 aliphatic heterocycles. The molecule has 0 aliphatic carbocycles. The first kappa shape index (κ1) is 27.4. The second-order valence-electron chi connectivity index (χ2n) is 7.98. The maximum absolute atomic E-state index is 10.4. The molecule has 0 bridgehead atoms. The molecule has 0 aliphatic rings. The Morgan fingerprint density at radius 1 is 0.643 bits per heavy atom. The van der Waals surface area contributed by atoms with Crippen molar-refractivity contribution >= 4 is 6.41 Å². The molecular weight excluding hydrogens is 350 g/mol. The van der Waals surface area contributed by atoms with Gasteiger partial charge in [-0.3, -0.25) is 4.79 Å². The Hall–Kier alpha value is -0.610. The van der Waals surface area contributed by atoms with Gasteiger partial charge in [-0.15, -0.1) is 0 Å². The van der Waals surface area contributed by atoms with Gasteiger partial charge < -0.3 is 14.8 Å². The van der Waals surface area contributed by atoms with Crippen molar-refractivity contribution in [2.75, 3.05) is 19.8 Å². The number of carbonyl (C=O) groups is 1. The molecule has 0 atom stereocenters. The van der Waals surface area contributed by atoms with Gasteiger partial charge in [0.1, 0.15) is 0 Å². The standard InChI is InChI=1S/C24H49NO3/c1-3-5-7-9-11-13-15-17-21-27-24(19-20-25-23-26)28-22-18-16-14-12-10-8-6-4-2/h23-24H,3-22H2,1-2H3,(H,25,26). The van der Waals surface area contributed by atoms with Crippen molar-refractivity contribution in [2.24, 2.45) is 0 Å².